The molecule has 7 nitrogen and oxygen atoms in total. The van der Waals surface area contributed by atoms with Gasteiger partial charge in [-0.25, -0.2) is 9.97 Å². The molecule has 2 aromatic heterocycles. The lowest BCUT2D eigenvalue weighted by atomic mass is 10.1. The number of nitrogen functional groups attached to an aromatic ring is 1. The lowest BCUT2D eigenvalue weighted by Crippen LogP contribution is -2.23. The van der Waals surface area contributed by atoms with E-state index in [0.29, 0.717) is 28.7 Å². The summed E-state index contributed by atoms with van der Waals surface area (Å²) in [6.07, 6.45) is 1.72. The van der Waals surface area contributed by atoms with Crippen LogP contribution in [-0.4, -0.2) is 26.8 Å². The topological polar surface area (TPSA) is 98.2 Å². The minimum Gasteiger partial charge on any atom is -0.383 e. The van der Waals surface area contributed by atoms with Gasteiger partial charge in [0.25, 0.3) is 5.91 Å². The largest absolute Gasteiger partial charge is 0.383 e. The summed E-state index contributed by atoms with van der Waals surface area (Å²) in [6.45, 7) is 2.38. The minimum atomic E-state index is -0.323. The van der Waals surface area contributed by atoms with Gasteiger partial charge in [0.1, 0.15) is 16.9 Å². The van der Waals surface area contributed by atoms with Crippen LogP contribution in [0.15, 0.2) is 84.0 Å². The summed E-state index contributed by atoms with van der Waals surface area (Å²) in [5.74, 6) is -0.133. The maximum atomic E-state index is 13.2. The van der Waals surface area contributed by atoms with Crippen molar-refractivity contribution in [3.8, 4) is 0 Å². The molecule has 0 spiro atoms. The predicted octanol–water partition coefficient (Wildman–Crippen LogP) is 4.29. The Bertz CT molecular complexity index is 1500. The fraction of sp³-hybridized carbons (Fsp3) is 0.0769. The van der Waals surface area contributed by atoms with Crippen LogP contribution in [0, 0.1) is 6.92 Å². The van der Waals surface area contributed by atoms with Gasteiger partial charge < -0.3 is 11.1 Å². The third-order valence-corrected chi connectivity index (χ3v) is 5.50. The van der Waals surface area contributed by atoms with E-state index in [1.807, 2.05) is 85.8 Å². The second kappa shape index (κ2) is 8.55. The molecule has 7 heteroatoms. The van der Waals surface area contributed by atoms with Gasteiger partial charge in [0.15, 0.2) is 5.65 Å². The van der Waals surface area contributed by atoms with Crippen LogP contribution < -0.4 is 11.1 Å². The van der Waals surface area contributed by atoms with Gasteiger partial charge in [-0.2, -0.15) is 9.78 Å². The maximum Gasteiger partial charge on any atom is 0.257 e. The molecule has 0 fully saturated rings. The standard InChI is InChI=1S/C26H22N6O/c1-17-9-5-6-12-19(17)16-29-32-24(27)22(26(33)28-15-18-10-3-2-4-11-18)23-25(32)31-21-14-8-7-13-20(21)30-23/h2-14,16H,15,27H2,1H3,(H,28,33). The van der Waals surface area contributed by atoms with Crippen molar-refractivity contribution >= 4 is 40.1 Å². The third-order valence-electron chi connectivity index (χ3n) is 5.50. The molecule has 0 aliphatic rings. The Morgan fingerprint density at radius 1 is 0.970 bits per heavy atom. The van der Waals surface area contributed by atoms with Gasteiger partial charge in [-0.1, -0.05) is 66.7 Å². The molecule has 5 rings (SSSR count). The zero-order valence-electron chi connectivity index (χ0n) is 18.1. The summed E-state index contributed by atoms with van der Waals surface area (Å²) in [7, 11) is 0. The molecule has 0 aliphatic carbocycles. The molecule has 0 saturated heterocycles. The predicted molar refractivity (Wildman–Crippen MR) is 131 cm³/mol. The van der Waals surface area contributed by atoms with Crippen LogP contribution in [0.25, 0.3) is 22.2 Å². The number of aryl methyl sites for hydroxylation is 1. The van der Waals surface area contributed by atoms with Crippen molar-refractivity contribution in [1.29, 1.82) is 0 Å². The molecule has 0 atom stereocenters. The number of benzene rings is 3. The zero-order valence-corrected chi connectivity index (χ0v) is 18.1. The number of carbonyl (C=O) groups excluding carboxylic acids is 1. The maximum absolute atomic E-state index is 13.2. The molecule has 5 aromatic rings. The molecule has 162 valence electrons. The van der Waals surface area contributed by atoms with Crippen LogP contribution in [0.1, 0.15) is 27.0 Å². The fourth-order valence-electron chi connectivity index (χ4n) is 3.71. The van der Waals surface area contributed by atoms with Crippen molar-refractivity contribution in [2.75, 3.05) is 5.73 Å². The Morgan fingerprint density at radius 3 is 2.39 bits per heavy atom. The first kappa shape index (κ1) is 20.4. The SMILES string of the molecule is Cc1ccccc1C=Nn1c(N)c(C(=O)NCc2ccccc2)c2nc3ccccc3nc21. The van der Waals surface area contributed by atoms with Crippen molar-refractivity contribution in [2.24, 2.45) is 5.10 Å². The van der Waals surface area contributed by atoms with Crippen molar-refractivity contribution in [3.05, 3.63) is 101 Å². The summed E-state index contributed by atoms with van der Waals surface area (Å²) >= 11 is 0. The number of hydrogen-bond acceptors (Lipinski definition) is 5. The number of nitrogens with one attached hydrogen (secondary N) is 1. The lowest BCUT2D eigenvalue weighted by molar-refractivity contribution is 0.0953. The summed E-state index contributed by atoms with van der Waals surface area (Å²) in [5.41, 5.74) is 12.0. The number of anilines is 1. The summed E-state index contributed by atoms with van der Waals surface area (Å²) in [6, 6.07) is 25.1. The second-order valence-corrected chi connectivity index (χ2v) is 7.73. The summed E-state index contributed by atoms with van der Waals surface area (Å²) in [5, 5.41) is 7.52. The first-order valence-electron chi connectivity index (χ1n) is 10.6. The Morgan fingerprint density at radius 2 is 1.64 bits per heavy atom. The number of amides is 1. The van der Waals surface area contributed by atoms with E-state index in [2.05, 4.69) is 10.4 Å². The van der Waals surface area contributed by atoms with Gasteiger partial charge in [-0.15, -0.1) is 0 Å². The number of nitrogens with zero attached hydrogens (tertiary/aromatic N) is 4. The lowest BCUT2D eigenvalue weighted by Gasteiger charge is -2.05. The number of nitrogens with two attached hydrogens (primary N) is 1. The molecule has 0 bridgehead atoms. The van der Waals surface area contributed by atoms with E-state index < -0.39 is 0 Å². The molecular weight excluding hydrogens is 412 g/mol. The molecule has 0 saturated carbocycles. The van der Waals surface area contributed by atoms with Crippen LogP contribution >= 0.6 is 0 Å². The van der Waals surface area contributed by atoms with Crippen molar-refractivity contribution in [2.45, 2.75) is 13.5 Å². The van der Waals surface area contributed by atoms with Crippen molar-refractivity contribution in [1.82, 2.24) is 20.0 Å². The van der Waals surface area contributed by atoms with E-state index >= 15 is 0 Å². The van der Waals surface area contributed by atoms with Crippen LogP contribution in [0.2, 0.25) is 0 Å². The quantitative estimate of drug-likeness (QED) is 0.403. The highest BCUT2D eigenvalue weighted by atomic mass is 16.1. The molecule has 0 unspecified atom stereocenters. The van der Waals surface area contributed by atoms with Gasteiger partial charge in [0.05, 0.1) is 17.2 Å². The molecule has 1 amide bonds. The monoisotopic (exact) mass is 434 g/mol. The highest BCUT2D eigenvalue weighted by Gasteiger charge is 2.24. The Labute approximate surface area is 190 Å². The fourth-order valence-corrected chi connectivity index (χ4v) is 3.71. The Hall–Kier alpha value is -4.52. The normalized spacial score (nSPS) is 11.4. The highest BCUT2D eigenvalue weighted by molar-refractivity contribution is 6.10. The number of hydrogen-bond donors (Lipinski definition) is 2. The van der Waals surface area contributed by atoms with E-state index in [-0.39, 0.29) is 17.3 Å². The van der Waals surface area contributed by atoms with E-state index in [9.17, 15) is 4.79 Å². The molecule has 3 aromatic carbocycles. The second-order valence-electron chi connectivity index (χ2n) is 7.73. The molecule has 0 radical (unpaired) electrons. The van der Waals surface area contributed by atoms with Gasteiger partial charge in [0.2, 0.25) is 0 Å². The van der Waals surface area contributed by atoms with Crippen LogP contribution in [0.5, 0.6) is 0 Å². The van der Waals surface area contributed by atoms with Gasteiger partial charge >= 0.3 is 0 Å². The van der Waals surface area contributed by atoms with Crippen molar-refractivity contribution < 1.29 is 4.79 Å². The Balaban J connectivity index is 1.62. The zero-order chi connectivity index (χ0) is 22.8. The van der Waals surface area contributed by atoms with Crippen molar-refractivity contribution in [3.63, 3.8) is 0 Å². The molecule has 3 N–H and O–H groups in total. The van der Waals surface area contributed by atoms with E-state index in [1.54, 1.807) is 6.21 Å². The molecular formula is C26H22N6O. The smallest absolute Gasteiger partial charge is 0.257 e. The first-order chi connectivity index (χ1) is 16.1. The Kier molecular flexibility index (Phi) is 5.28. The van der Waals surface area contributed by atoms with Gasteiger partial charge in [-0.3, -0.25) is 4.79 Å². The van der Waals surface area contributed by atoms with E-state index in [0.717, 1.165) is 16.7 Å². The number of fused-ring (bicyclic) bond motifs is 2. The van der Waals surface area contributed by atoms with E-state index in [4.69, 9.17) is 15.7 Å². The molecule has 33 heavy (non-hydrogen) atoms. The summed E-state index contributed by atoms with van der Waals surface area (Å²) in [4.78, 5) is 22.6. The number of carbonyl (C=O) groups is 1. The minimum absolute atomic E-state index is 0.190. The summed E-state index contributed by atoms with van der Waals surface area (Å²) < 4.78 is 1.48. The number of rotatable bonds is 5. The highest BCUT2D eigenvalue weighted by Crippen LogP contribution is 2.28. The van der Waals surface area contributed by atoms with Gasteiger partial charge in [0, 0.05) is 6.54 Å². The molecule has 0 aliphatic heterocycles. The third kappa shape index (κ3) is 3.92. The van der Waals surface area contributed by atoms with Gasteiger partial charge in [-0.05, 0) is 35.7 Å². The molecule has 2 heterocycles. The number of aromatic nitrogens is 3. The van der Waals surface area contributed by atoms with Crippen LogP contribution in [0.3, 0.4) is 0 Å². The van der Waals surface area contributed by atoms with E-state index in [1.165, 1.54) is 4.68 Å². The number of para-hydroxylation sites is 2. The first-order valence-corrected chi connectivity index (χ1v) is 10.6. The van der Waals surface area contributed by atoms with Crippen LogP contribution in [0.4, 0.5) is 5.82 Å². The van der Waals surface area contributed by atoms with Crippen LogP contribution in [-0.2, 0) is 6.54 Å². The average molecular weight is 435 g/mol. The average Bonchev–Trinajstić information content (AvgIpc) is 3.11.